The molecule has 0 spiro atoms. The Kier molecular flexibility index (Phi) is 6.98. The van der Waals surface area contributed by atoms with E-state index in [0.717, 1.165) is 5.56 Å². The second-order valence-corrected chi connectivity index (χ2v) is 12.1. The van der Waals surface area contributed by atoms with Crippen LogP contribution in [0.15, 0.2) is 36.4 Å². The van der Waals surface area contributed by atoms with E-state index in [4.69, 9.17) is 9.47 Å². The molecule has 1 unspecified atom stereocenters. The number of hydrogen-bond donors (Lipinski definition) is 4. The van der Waals surface area contributed by atoms with E-state index in [1.807, 2.05) is 33.0 Å². The van der Waals surface area contributed by atoms with Gasteiger partial charge in [0.05, 0.1) is 22.3 Å². The molecule has 2 aromatic rings. The molecular weight excluding hydrogens is 537 g/mol. The standard InChI is InChI=1S/C29H34FN3O8/c1-26(2)15-32(16-27(3,4)41-26)13-17-8-9-18(20(30)12-17)14-40-21-7-5-6-19-23(21)29(38,39)33(24(19)35)28(37)11-10-22(34)31-25(28)36/h5-9,12,37-39H,10-11,13-16H2,1-4H3,(H,31,34,36). The first-order valence-electron chi connectivity index (χ1n) is 13.3. The third-order valence-electron chi connectivity index (χ3n) is 7.46. The summed E-state index contributed by atoms with van der Waals surface area (Å²) in [5.74, 6) is -6.79. The van der Waals surface area contributed by atoms with Crippen LogP contribution in [0.5, 0.6) is 5.75 Å². The van der Waals surface area contributed by atoms with Crippen molar-refractivity contribution in [1.82, 2.24) is 15.1 Å². The van der Waals surface area contributed by atoms with Crippen molar-refractivity contribution >= 4 is 17.7 Å². The van der Waals surface area contributed by atoms with Gasteiger partial charge in [0, 0.05) is 38.0 Å². The zero-order valence-corrected chi connectivity index (χ0v) is 23.4. The quantitative estimate of drug-likeness (QED) is 0.299. The molecule has 1 atom stereocenters. The number of imide groups is 1. The highest BCUT2D eigenvalue weighted by atomic mass is 19.1. The van der Waals surface area contributed by atoms with Gasteiger partial charge >= 0.3 is 0 Å². The summed E-state index contributed by atoms with van der Waals surface area (Å²) in [6.45, 7) is 9.69. The molecule has 0 aliphatic carbocycles. The molecule has 2 saturated heterocycles. The molecule has 12 heteroatoms. The maximum atomic E-state index is 15.1. The molecule has 3 aliphatic heterocycles. The molecule has 3 amide bonds. The summed E-state index contributed by atoms with van der Waals surface area (Å²) in [6.07, 6.45) is -0.856. The number of piperidine rings is 1. The van der Waals surface area contributed by atoms with Crippen molar-refractivity contribution in [2.45, 2.75) is 76.5 Å². The Balaban J connectivity index is 1.34. The van der Waals surface area contributed by atoms with Crippen LogP contribution < -0.4 is 10.1 Å². The van der Waals surface area contributed by atoms with Crippen molar-refractivity contribution in [2.24, 2.45) is 0 Å². The fourth-order valence-corrected chi connectivity index (χ4v) is 6.16. The Bertz CT molecular complexity index is 1410. The topological polar surface area (TPSA) is 149 Å². The second kappa shape index (κ2) is 9.85. The van der Waals surface area contributed by atoms with Gasteiger partial charge in [0.25, 0.3) is 17.7 Å². The van der Waals surface area contributed by atoms with Crippen LogP contribution in [0.25, 0.3) is 0 Å². The highest BCUT2D eigenvalue weighted by Crippen LogP contribution is 2.46. The summed E-state index contributed by atoms with van der Waals surface area (Å²) < 4.78 is 27.0. The lowest BCUT2D eigenvalue weighted by molar-refractivity contribution is -0.303. The van der Waals surface area contributed by atoms with E-state index < -0.39 is 47.2 Å². The van der Waals surface area contributed by atoms with Crippen LogP contribution in [0.2, 0.25) is 0 Å². The number of ether oxygens (including phenoxy) is 2. The normalized spacial score (nSPS) is 25.2. The average Bonchev–Trinajstić information content (AvgIpc) is 3.05. The molecule has 220 valence electrons. The van der Waals surface area contributed by atoms with E-state index in [2.05, 4.69) is 4.90 Å². The van der Waals surface area contributed by atoms with Crippen LogP contribution in [-0.2, 0) is 33.4 Å². The summed E-state index contributed by atoms with van der Waals surface area (Å²) in [7, 11) is 0. The fourth-order valence-electron chi connectivity index (χ4n) is 6.16. The minimum absolute atomic E-state index is 0.152. The number of benzene rings is 2. The van der Waals surface area contributed by atoms with E-state index >= 15 is 4.39 Å². The van der Waals surface area contributed by atoms with Crippen molar-refractivity contribution in [3.05, 3.63) is 64.5 Å². The predicted molar refractivity (Wildman–Crippen MR) is 141 cm³/mol. The van der Waals surface area contributed by atoms with Crippen LogP contribution >= 0.6 is 0 Å². The lowest BCUT2D eigenvalue weighted by Gasteiger charge is -2.47. The molecule has 0 bridgehead atoms. The van der Waals surface area contributed by atoms with Crippen LogP contribution in [0.1, 0.15) is 67.6 Å². The van der Waals surface area contributed by atoms with Crippen LogP contribution in [0.4, 0.5) is 4.39 Å². The number of morpholine rings is 1. The first-order valence-corrected chi connectivity index (χ1v) is 13.3. The number of rotatable bonds is 6. The van der Waals surface area contributed by atoms with Gasteiger partial charge in [-0.15, -0.1) is 0 Å². The largest absolute Gasteiger partial charge is 0.488 e. The highest BCUT2D eigenvalue weighted by molar-refractivity contribution is 6.07. The fraction of sp³-hybridized carbons (Fsp3) is 0.483. The molecule has 5 rings (SSSR count). The van der Waals surface area contributed by atoms with Gasteiger partial charge in [0.1, 0.15) is 18.2 Å². The van der Waals surface area contributed by atoms with E-state index in [-0.39, 0.29) is 46.0 Å². The molecule has 3 heterocycles. The smallest absolute Gasteiger partial charge is 0.284 e. The van der Waals surface area contributed by atoms with Crippen molar-refractivity contribution in [1.29, 1.82) is 0 Å². The zero-order chi connectivity index (χ0) is 30.0. The van der Waals surface area contributed by atoms with Crippen LogP contribution in [-0.4, -0.2) is 72.9 Å². The number of nitrogens with zero attached hydrogens (tertiary/aromatic N) is 2. The second-order valence-electron chi connectivity index (χ2n) is 12.1. The summed E-state index contributed by atoms with van der Waals surface area (Å²) in [5.41, 5.74) is -3.05. The molecule has 41 heavy (non-hydrogen) atoms. The number of nitrogens with one attached hydrogen (secondary N) is 1. The Morgan fingerprint density at radius 2 is 1.71 bits per heavy atom. The van der Waals surface area contributed by atoms with Gasteiger partial charge in [0.15, 0.2) is 0 Å². The Hall–Kier alpha value is -3.42. The summed E-state index contributed by atoms with van der Waals surface area (Å²) in [4.78, 5) is 39.6. The SMILES string of the molecule is CC1(C)CN(Cc2ccc(COc3cccc4c3C(O)(O)N(C3(O)CCC(=O)NC3=O)C4=O)c(F)c2)CC(C)(C)O1. The number of amides is 3. The predicted octanol–water partition coefficient (Wildman–Crippen LogP) is 1.47. The van der Waals surface area contributed by atoms with E-state index in [1.165, 1.54) is 24.3 Å². The monoisotopic (exact) mass is 571 g/mol. The molecule has 2 fully saturated rings. The number of carbonyl (C=O) groups excluding carboxylic acids is 3. The van der Waals surface area contributed by atoms with E-state index in [0.29, 0.717) is 19.6 Å². The van der Waals surface area contributed by atoms with Gasteiger partial charge < -0.3 is 24.8 Å². The van der Waals surface area contributed by atoms with Crippen molar-refractivity contribution in [2.75, 3.05) is 13.1 Å². The first-order chi connectivity index (χ1) is 19.0. The number of hydrogen-bond acceptors (Lipinski definition) is 9. The highest BCUT2D eigenvalue weighted by Gasteiger charge is 2.62. The first kappa shape index (κ1) is 29.1. The van der Waals surface area contributed by atoms with Gasteiger partial charge in [-0.2, -0.15) is 0 Å². The molecule has 3 aliphatic rings. The number of aliphatic hydroxyl groups is 3. The van der Waals surface area contributed by atoms with Gasteiger partial charge in [-0.25, -0.2) is 9.29 Å². The molecule has 4 N–H and O–H groups in total. The molecule has 0 saturated carbocycles. The summed E-state index contributed by atoms with van der Waals surface area (Å²) >= 11 is 0. The summed E-state index contributed by atoms with van der Waals surface area (Å²) in [6, 6.07) is 8.86. The molecule has 2 aromatic carbocycles. The Labute approximate surface area is 236 Å². The van der Waals surface area contributed by atoms with Crippen LogP contribution in [0, 0.1) is 5.82 Å². The van der Waals surface area contributed by atoms with Gasteiger partial charge in [-0.1, -0.05) is 18.2 Å². The number of halogens is 1. The lowest BCUT2D eigenvalue weighted by atomic mass is 9.98. The Morgan fingerprint density at radius 1 is 1.02 bits per heavy atom. The van der Waals surface area contributed by atoms with Crippen molar-refractivity contribution in [3.8, 4) is 5.75 Å². The zero-order valence-electron chi connectivity index (χ0n) is 23.4. The third kappa shape index (κ3) is 5.33. The minimum Gasteiger partial charge on any atom is -0.488 e. The Morgan fingerprint density at radius 3 is 2.34 bits per heavy atom. The summed E-state index contributed by atoms with van der Waals surface area (Å²) in [5, 5.41) is 35.0. The minimum atomic E-state index is -3.16. The van der Waals surface area contributed by atoms with Gasteiger partial charge in [-0.05, 0) is 51.5 Å². The third-order valence-corrected chi connectivity index (χ3v) is 7.46. The molecule has 0 aromatic heterocycles. The van der Waals surface area contributed by atoms with Gasteiger partial charge in [0.2, 0.25) is 11.6 Å². The maximum absolute atomic E-state index is 15.1. The van der Waals surface area contributed by atoms with E-state index in [9.17, 15) is 29.7 Å². The number of carbonyl (C=O) groups is 3. The molecule has 11 nitrogen and oxygen atoms in total. The number of fused-ring (bicyclic) bond motifs is 1. The van der Waals surface area contributed by atoms with Gasteiger partial charge in [-0.3, -0.25) is 24.6 Å². The van der Waals surface area contributed by atoms with E-state index in [1.54, 1.807) is 12.1 Å². The van der Waals surface area contributed by atoms with Crippen molar-refractivity contribution < 1.29 is 43.6 Å². The lowest BCUT2D eigenvalue weighted by Crippen LogP contribution is -2.67. The average molecular weight is 572 g/mol. The molecule has 0 radical (unpaired) electrons. The van der Waals surface area contributed by atoms with Crippen LogP contribution in [0.3, 0.4) is 0 Å². The van der Waals surface area contributed by atoms with Crippen molar-refractivity contribution in [3.63, 3.8) is 0 Å². The molecular formula is C29H34FN3O8. The maximum Gasteiger partial charge on any atom is 0.284 e.